The number of anilines is 2. The Morgan fingerprint density at radius 1 is 1.25 bits per heavy atom. The maximum absolute atomic E-state index is 13.2. The second kappa shape index (κ2) is 5.26. The smallest absolute Gasteiger partial charge is 0.188 e. The number of hydrogen-bond donors (Lipinski definition) is 1. The average molecular weight is 309 g/mol. The molecule has 0 bridgehead atoms. The van der Waals surface area contributed by atoms with Crippen molar-refractivity contribution < 1.29 is 9.13 Å². The number of methoxy groups -OCH3 is 1. The van der Waals surface area contributed by atoms with Crippen LogP contribution in [0.25, 0.3) is 10.2 Å². The van der Waals surface area contributed by atoms with Crippen LogP contribution in [0.5, 0.6) is 5.75 Å². The van der Waals surface area contributed by atoms with Crippen molar-refractivity contribution in [2.75, 3.05) is 12.4 Å². The predicted octanol–water partition coefficient (Wildman–Crippen LogP) is 4.84. The second-order valence-corrected chi connectivity index (χ2v) is 5.57. The molecule has 1 N–H and O–H groups in total. The minimum atomic E-state index is -0.297. The molecule has 2 aromatic carbocycles. The SMILES string of the molecule is COc1ccc(Cl)cc1Nc1nc2cc(F)ccc2s1. The van der Waals surface area contributed by atoms with Crippen LogP contribution in [-0.4, -0.2) is 12.1 Å². The van der Waals surface area contributed by atoms with Gasteiger partial charge in [0.2, 0.25) is 0 Å². The van der Waals surface area contributed by atoms with Gasteiger partial charge in [-0.05, 0) is 30.3 Å². The molecule has 0 fully saturated rings. The maximum Gasteiger partial charge on any atom is 0.188 e. The van der Waals surface area contributed by atoms with Crippen LogP contribution in [0.3, 0.4) is 0 Å². The van der Waals surface area contributed by atoms with Crippen molar-refractivity contribution >= 4 is 44.0 Å². The molecule has 1 heterocycles. The summed E-state index contributed by atoms with van der Waals surface area (Å²) in [4.78, 5) is 4.34. The lowest BCUT2D eigenvalue weighted by molar-refractivity contribution is 0.417. The molecule has 0 saturated heterocycles. The van der Waals surface area contributed by atoms with Crippen molar-refractivity contribution in [3.05, 3.63) is 47.2 Å². The topological polar surface area (TPSA) is 34.1 Å². The van der Waals surface area contributed by atoms with Crippen LogP contribution in [0.1, 0.15) is 0 Å². The molecule has 0 unspecified atom stereocenters. The Hall–Kier alpha value is -1.85. The highest BCUT2D eigenvalue weighted by atomic mass is 35.5. The highest BCUT2D eigenvalue weighted by molar-refractivity contribution is 7.22. The zero-order chi connectivity index (χ0) is 14.1. The number of fused-ring (bicyclic) bond motifs is 1. The molecule has 20 heavy (non-hydrogen) atoms. The molecule has 6 heteroatoms. The first-order chi connectivity index (χ1) is 9.65. The quantitative estimate of drug-likeness (QED) is 0.751. The first-order valence-corrected chi connectivity index (χ1v) is 7.02. The fraction of sp³-hybridized carbons (Fsp3) is 0.0714. The van der Waals surface area contributed by atoms with Crippen LogP contribution in [0, 0.1) is 5.82 Å². The van der Waals surface area contributed by atoms with Gasteiger partial charge in [-0.25, -0.2) is 9.37 Å². The van der Waals surface area contributed by atoms with Crippen LogP contribution >= 0.6 is 22.9 Å². The van der Waals surface area contributed by atoms with Crippen LogP contribution in [-0.2, 0) is 0 Å². The minimum Gasteiger partial charge on any atom is -0.495 e. The summed E-state index contributed by atoms with van der Waals surface area (Å²) >= 11 is 7.42. The lowest BCUT2D eigenvalue weighted by atomic mass is 10.3. The van der Waals surface area contributed by atoms with E-state index in [1.165, 1.54) is 23.5 Å². The van der Waals surface area contributed by atoms with Crippen molar-refractivity contribution in [1.29, 1.82) is 0 Å². The van der Waals surface area contributed by atoms with Crippen LogP contribution in [0.4, 0.5) is 15.2 Å². The molecule has 0 aliphatic carbocycles. The zero-order valence-corrected chi connectivity index (χ0v) is 12.1. The summed E-state index contributed by atoms with van der Waals surface area (Å²) < 4.78 is 19.3. The Labute approximate surface area is 124 Å². The zero-order valence-electron chi connectivity index (χ0n) is 10.5. The summed E-state index contributed by atoms with van der Waals surface area (Å²) in [5.74, 6) is 0.370. The first-order valence-electron chi connectivity index (χ1n) is 5.82. The molecule has 0 amide bonds. The Bertz CT molecular complexity index is 775. The van der Waals surface area contributed by atoms with Gasteiger partial charge in [0, 0.05) is 11.1 Å². The number of halogens is 2. The number of nitrogens with one attached hydrogen (secondary N) is 1. The van der Waals surface area contributed by atoms with Crippen molar-refractivity contribution in [3.63, 3.8) is 0 Å². The van der Waals surface area contributed by atoms with E-state index >= 15 is 0 Å². The van der Waals surface area contributed by atoms with Gasteiger partial charge in [0.1, 0.15) is 11.6 Å². The number of nitrogens with zero attached hydrogens (tertiary/aromatic N) is 1. The molecule has 3 nitrogen and oxygen atoms in total. The van der Waals surface area contributed by atoms with Gasteiger partial charge >= 0.3 is 0 Å². The molecule has 0 aliphatic rings. The molecule has 102 valence electrons. The van der Waals surface area contributed by atoms with E-state index in [4.69, 9.17) is 16.3 Å². The van der Waals surface area contributed by atoms with E-state index in [1.54, 1.807) is 31.4 Å². The molecule has 1 aromatic heterocycles. The maximum atomic E-state index is 13.2. The fourth-order valence-electron chi connectivity index (χ4n) is 1.85. The van der Waals surface area contributed by atoms with E-state index in [0.717, 1.165) is 10.4 Å². The molecule has 0 spiro atoms. The number of hydrogen-bond acceptors (Lipinski definition) is 4. The van der Waals surface area contributed by atoms with E-state index in [2.05, 4.69) is 10.3 Å². The van der Waals surface area contributed by atoms with Gasteiger partial charge in [0.15, 0.2) is 5.13 Å². The van der Waals surface area contributed by atoms with Crippen LogP contribution in [0.2, 0.25) is 5.02 Å². The number of ether oxygens (including phenoxy) is 1. The minimum absolute atomic E-state index is 0.297. The van der Waals surface area contributed by atoms with Crippen molar-refractivity contribution in [2.45, 2.75) is 0 Å². The van der Waals surface area contributed by atoms with Gasteiger partial charge in [-0.15, -0.1) is 0 Å². The largest absolute Gasteiger partial charge is 0.495 e. The predicted molar refractivity (Wildman–Crippen MR) is 80.9 cm³/mol. The Balaban J connectivity index is 1.98. The van der Waals surface area contributed by atoms with E-state index in [9.17, 15) is 4.39 Å². The normalized spacial score (nSPS) is 10.8. The first kappa shape index (κ1) is 13.1. The number of rotatable bonds is 3. The van der Waals surface area contributed by atoms with Gasteiger partial charge < -0.3 is 10.1 Å². The highest BCUT2D eigenvalue weighted by Gasteiger charge is 2.08. The summed E-state index contributed by atoms with van der Waals surface area (Å²) in [5, 5.41) is 4.40. The van der Waals surface area contributed by atoms with Crippen molar-refractivity contribution in [3.8, 4) is 5.75 Å². The van der Waals surface area contributed by atoms with E-state index in [-0.39, 0.29) is 5.82 Å². The van der Waals surface area contributed by atoms with Gasteiger partial charge in [0.05, 0.1) is 23.0 Å². The Morgan fingerprint density at radius 2 is 2.10 bits per heavy atom. The summed E-state index contributed by atoms with van der Waals surface area (Å²) in [7, 11) is 1.59. The Kier molecular flexibility index (Phi) is 3.46. The second-order valence-electron chi connectivity index (χ2n) is 4.10. The monoisotopic (exact) mass is 308 g/mol. The summed E-state index contributed by atoms with van der Waals surface area (Å²) in [5.41, 5.74) is 1.35. The number of benzene rings is 2. The van der Waals surface area contributed by atoms with Gasteiger partial charge in [-0.3, -0.25) is 0 Å². The molecule has 3 aromatic rings. The standard InChI is InChI=1S/C14H10ClFN2OS/c1-19-12-4-2-8(15)6-10(12)17-14-18-11-7-9(16)3-5-13(11)20-14/h2-7H,1H3,(H,17,18). The van der Waals surface area contributed by atoms with E-state index < -0.39 is 0 Å². The lowest BCUT2D eigenvalue weighted by Gasteiger charge is -2.08. The lowest BCUT2D eigenvalue weighted by Crippen LogP contribution is -1.93. The third-order valence-electron chi connectivity index (χ3n) is 2.75. The van der Waals surface area contributed by atoms with Crippen LogP contribution < -0.4 is 10.1 Å². The molecular formula is C14H10ClFN2OS. The summed E-state index contributed by atoms with van der Waals surface area (Å²) in [6.07, 6.45) is 0. The van der Waals surface area contributed by atoms with Crippen molar-refractivity contribution in [2.24, 2.45) is 0 Å². The number of thiazole rings is 1. The molecule has 3 rings (SSSR count). The van der Waals surface area contributed by atoms with Crippen LogP contribution in [0.15, 0.2) is 36.4 Å². The molecule has 0 aliphatic heterocycles. The molecular weight excluding hydrogens is 299 g/mol. The average Bonchev–Trinajstić information content (AvgIpc) is 2.80. The van der Waals surface area contributed by atoms with E-state index in [0.29, 0.717) is 21.4 Å². The third kappa shape index (κ3) is 2.55. The van der Waals surface area contributed by atoms with Gasteiger partial charge in [-0.2, -0.15) is 0 Å². The van der Waals surface area contributed by atoms with Gasteiger partial charge in [-0.1, -0.05) is 22.9 Å². The summed E-state index contributed by atoms with van der Waals surface area (Å²) in [6, 6.07) is 9.82. The van der Waals surface area contributed by atoms with E-state index in [1.807, 2.05) is 0 Å². The highest BCUT2D eigenvalue weighted by Crippen LogP contribution is 2.34. The molecule has 0 saturated carbocycles. The van der Waals surface area contributed by atoms with Gasteiger partial charge in [0.25, 0.3) is 0 Å². The molecule has 0 atom stereocenters. The number of aromatic nitrogens is 1. The van der Waals surface area contributed by atoms with Crippen molar-refractivity contribution in [1.82, 2.24) is 4.98 Å². The molecule has 0 radical (unpaired) electrons. The fourth-order valence-corrected chi connectivity index (χ4v) is 2.88. The third-order valence-corrected chi connectivity index (χ3v) is 3.94. The Morgan fingerprint density at radius 3 is 2.90 bits per heavy atom. The summed E-state index contributed by atoms with van der Waals surface area (Å²) in [6.45, 7) is 0.